The van der Waals surface area contributed by atoms with Gasteiger partial charge in [0.25, 0.3) is 0 Å². The first kappa shape index (κ1) is 15.4. The van der Waals surface area contributed by atoms with E-state index in [0.29, 0.717) is 6.42 Å². The molecule has 1 aliphatic carbocycles. The van der Waals surface area contributed by atoms with Crippen LogP contribution in [0.5, 0.6) is 0 Å². The van der Waals surface area contributed by atoms with E-state index in [0.717, 1.165) is 36.8 Å². The topological polar surface area (TPSA) is 53.8 Å². The van der Waals surface area contributed by atoms with E-state index in [1.165, 1.54) is 5.56 Å². The van der Waals surface area contributed by atoms with Crippen LogP contribution in [0.1, 0.15) is 44.1 Å². The third kappa shape index (κ3) is 3.32. The van der Waals surface area contributed by atoms with E-state index in [2.05, 4.69) is 29.2 Å². The molecule has 23 heavy (non-hydrogen) atoms. The van der Waals surface area contributed by atoms with E-state index >= 15 is 0 Å². The monoisotopic (exact) mass is 304 g/mol. The summed E-state index contributed by atoms with van der Waals surface area (Å²) < 4.78 is 0. The summed E-state index contributed by atoms with van der Waals surface area (Å²) in [4.78, 5) is 16.2. The highest BCUT2D eigenvalue weighted by Crippen LogP contribution is 2.44. The van der Waals surface area contributed by atoms with Crippen LogP contribution >= 0.6 is 0 Å². The SMILES string of the molecule is N#CCC(=O)CC1(c2ccc(-c3cccnc3)cc2)CCCC1. The Morgan fingerprint density at radius 1 is 1.13 bits per heavy atom. The van der Waals surface area contributed by atoms with Gasteiger partial charge in [-0.25, -0.2) is 0 Å². The number of pyridine rings is 1. The summed E-state index contributed by atoms with van der Waals surface area (Å²) in [6, 6.07) is 14.5. The predicted octanol–water partition coefficient (Wildman–Crippen LogP) is 4.43. The molecule has 1 heterocycles. The first-order chi connectivity index (χ1) is 11.2. The molecular weight excluding hydrogens is 284 g/mol. The maximum absolute atomic E-state index is 12.0. The summed E-state index contributed by atoms with van der Waals surface area (Å²) in [5, 5.41) is 8.75. The minimum Gasteiger partial charge on any atom is -0.299 e. The van der Waals surface area contributed by atoms with Gasteiger partial charge in [-0.05, 0) is 35.6 Å². The Balaban J connectivity index is 1.86. The highest BCUT2D eigenvalue weighted by molar-refractivity contribution is 5.82. The molecular formula is C20H20N2O. The molecule has 3 heteroatoms. The average molecular weight is 304 g/mol. The summed E-state index contributed by atoms with van der Waals surface area (Å²) in [7, 11) is 0. The predicted molar refractivity (Wildman–Crippen MR) is 89.7 cm³/mol. The molecule has 3 nitrogen and oxygen atoms in total. The molecule has 116 valence electrons. The van der Waals surface area contributed by atoms with Crippen molar-refractivity contribution in [1.82, 2.24) is 4.98 Å². The maximum atomic E-state index is 12.0. The second kappa shape index (κ2) is 6.75. The van der Waals surface area contributed by atoms with Crippen molar-refractivity contribution in [3.8, 4) is 17.2 Å². The zero-order valence-corrected chi connectivity index (χ0v) is 13.2. The molecule has 0 bridgehead atoms. The highest BCUT2D eigenvalue weighted by atomic mass is 16.1. The van der Waals surface area contributed by atoms with Crippen molar-refractivity contribution in [2.45, 2.75) is 43.9 Å². The molecule has 1 fully saturated rings. The van der Waals surface area contributed by atoms with Gasteiger partial charge in [0, 0.05) is 24.2 Å². The minimum absolute atomic E-state index is 0.0233. The summed E-state index contributed by atoms with van der Waals surface area (Å²) in [5.74, 6) is 0.0609. The van der Waals surface area contributed by atoms with Gasteiger partial charge in [-0.15, -0.1) is 0 Å². The molecule has 0 radical (unpaired) electrons. The Morgan fingerprint density at radius 2 is 1.87 bits per heavy atom. The van der Waals surface area contributed by atoms with Gasteiger partial charge in [-0.3, -0.25) is 9.78 Å². The zero-order valence-electron chi connectivity index (χ0n) is 13.2. The Labute approximate surface area is 137 Å². The zero-order chi connectivity index (χ0) is 16.1. The van der Waals surface area contributed by atoms with Crippen LogP contribution in [-0.2, 0) is 10.2 Å². The first-order valence-corrected chi connectivity index (χ1v) is 8.13. The van der Waals surface area contributed by atoms with E-state index in [1.807, 2.05) is 24.4 Å². The highest BCUT2D eigenvalue weighted by Gasteiger charge is 2.37. The largest absolute Gasteiger partial charge is 0.299 e. The average Bonchev–Trinajstić information content (AvgIpc) is 3.05. The van der Waals surface area contributed by atoms with Crippen LogP contribution in [0.2, 0.25) is 0 Å². The number of Topliss-reactive ketones (excluding diaryl/α,β-unsaturated/α-hetero) is 1. The Kier molecular flexibility index (Phi) is 4.52. The lowest BCUT2D eigenvalue weighted by atomic mass is 9.74. The molecule has 1 aromatic heterocycles. The molecule has 0 spiro atoms. The van der Waals surface area contributed by atoms with Crippen molar-refractivity contribution >= 4 is 5.78 Å². The van der Waals surface area contributed by atoms with Crippen LogP contribution in [0.15, 0.2) is 48.8 Å². The van der Waals surface area contributed by atoms with Crippen LogP contribution < -0.4 is 0 Å². The van der Waals surface area contributed by atoms with E-state index < -0.39 is 0 Å². The first-order valence-electron chi connectivity index (χ1n) is 8.13. The van der Waals surface area contributed by atoms with Crippen LogP contribution in [0.25, 0.3) is 11.1 Å². The molecule has 2 aromatic rings. The fourth-order valence-electron chi connectivity index (χ4n) is 3.70. The molecule has 0 unspecified atom stereocenters. The number of aromatic nitrogens is 1. The van der Waals surface area contributed by atoms with Gasteiger partial charge in [0.05, 0.1) is 12.5 Å². The van der Waals surface area contributed by atoms with Gasteiger partial charge in [-0.1, -0.05) is 43.2 Å². The lowest BCUT2D eigenvalue weighted by Crippen LogP contribution is -2.25. The normalized spacial score (nSPS) is 16.0. The van der Waals surface area contributed by atoms with Gasteiger partial charge >= 0.3 is 0 Å². The number of carbonyl (C=O) groups excluding carboxylic acids is 1. The van der Waals surface area contributed by atoms with Crippen molar-refractivity contribution in [3.05, 3.63) is 54.4 Å². The number of nitriles is 1. The minimum atomic E-state index is -0.0681. The van der Waals surface area contributed by atoms with E-state index in [-0.39, 0.29) is 17.6 Å². The Hall–Kier alpha value is -2.47. The summed E-state index contributed by atoms with van der Waals surface area (Å²) in [5.41, 5.74) is 3.40. The lowest BCUT2D eigenvalue weighted by Gasteiger charge is -2.29. The van der Waals surface area contributed by atoms with E-state index in [4.69, 9.17) is 5.26 Å². The number of carbonyl (C=O) groups is 1. The third-order valence-electron chi connectivity index (χ3n) is 4.86. The number of ketones is 1. The second-order valence-corrected chi connectivity index (χ2v) is 6.36. The quantitative estimate of drug-likeness (QED) is 0.821. The Morgan fingerprint density at radius 3 is 2.48 bits per heavy atom. The number of benzene rings is 1. The maximum Gasteiger partial charge on any atom is 0.147 e. The number of hydrogen-bond donors (Lipinski definition) is 0. The van der Waals surface area contributed by atoms with Crippen molar-refractivity contribution in [2.75, 3.05) is 0 Å². The fraction of sp³-hybridized carbons (Fsp3) is 0.350. The van der Waals surface area contributed by atoms with Gasteiger partial charge in [0.2, 0.25) is 0 Å². The smallest absolute Gasteiger partial charge is 0.147 e. The molecule has 0 N–H and O–H groups in total. The second-order valence-electron chi connectivity index (χ2n) is 6.36. The summed E-state index contributed by atoms with van der Waals surface area (Å²) in [6.45, 7) is 0. The molecule has 0 saturated heterocycles. The molecule has 1 saturated carbocycles. The number of hydrogen-bond acceptors (Lipinski definition) is 3. The fourth-order valence-corrected chi connectivity index (χ4v) is 3.70. The van der Waals surface area contributed by atoms with Crippen LogP contribution in [0.4, 0.5) is 0 Å². The van der Waals surface area contributed by atoms with Crippen molar-refractivity contribution in [2.24, 2.45) is 0 Å². The molecule has 3 rings (SSSR count). The Bertz CT molecular complexity index is 708. The van der Waals surface area contributed by atoms with Crippen molar-refractivity contribution < 1.29 is 4.79 Å². The number of nitrogens with zero attached hydrogens (tertiary/aromatic N) is 2. The van der Waals surface area contributed by atoms with Crippen LogP contribution in [0, 0.1) is 11.3 Å². The molecule has 0 aliphatic heterocycles. The summed E-state index contributed by atoms with van der Waals surface area (Å²) in [6.07, 6.45) is 8.53. The molecule has 1 aliphatic rings. The van der Waals surface area contributed by atoms with Gasteiger partial charge < -0.3 is 0 Å². The van der Waals surface area contributed by atoms with Crippen molar-refractivity contribution in [3.63, 3.8) is 0 Å². The van der Waals surface area contributed by atoms with Gasteiger partial charge in [0.15, 0.2) is 0 Å². The van der Waals surface area contributed by atoms with Crippen LogP contribution in [0.3, 0.4) is 0 Å². The van der Waals surface area contributed by atoms with Gasteiger partial charge in [-0.2, -0.15) is 5.26 Å². The number of rotatable bonds is 5. The van der Waals surface area contributed by atoms with E-state index in [9.17, 15) is 4.79 Å². The standard InChI is InChI=1S/C20H20N2O/c21-12-9-19(23)14-20(10-1-2-11-20)18-7-5-16(6-8-18)17-4-3-13-22-15-17/h3-8,13,15H,1-2,9-11,14H2. The summed E-state index contributed by atoms with van der Waals surface area (Å²) >= 11 is 0. The third-order valence-corrected chi connectivity index (χ3v) is 4.86. The van der Waals surface area contributed by atoms with E-state index in [1.54, 1.807) is 6.20 Å². The molecule has 1 aromatic carbocycles. The van der Waals surface area contributed by atoms with Gasteiger partial charge in [0.1, 0.15) is 5.78 Å². The molecule has 0 atom stereocenters. The van der Waals surface area contributed by atoms with Crippen molar-refractivity contribution in [1.29, 1.82) is 5.26 Å². The molecule has 0 amide bonds. The lowest BCUT2D eigenvalue weighted by molar-refractivity contribution is -0.119. The van der Waals surface area contributed by atoms with Crippen LogP contribution in [-0.4, -0.2) is 10.8 Å².